The minimum atomic E-state index is 0.00633. The van der Waals surface area contributed by atoms with E-state index in [1.165, 1.54) is 0 Å². The molecule has 0 aliphatic rings. The van der Waals surface area contributed by atoms with Gasteiger partial charge in [0.15, 0.2) is 5.78 Å². The Bertz CT molecular complexity index is 1040. The van der Waals surface area contributed by atoms with Gasteiger partial charge in [0.2, 0.25) is 0 Å². The van der Waals surface area contributed by atoms with Gasteiger partial charge in [-0.3, -0.25) is 4.79 Å². The van der Waals surface area contributed by atoms with Crippen LogP contribution in [0.3, 0.4) is 0 Å². The fraction of sp³-hybridized carbons (Fsp3) is 0. The van der Waals surface area contributed by atoms with Crippen LogP contribution < -0.4 is 4.74 Å². The molecule has 0 unspecified atom stereocenters. The smallest absolute Gasteiger partial charge is 0.193 e. The predicted octanol–water partition coefficient (Wildman–Crippen LogP) is 6.38. The number of hydrogen-bond donors (Lipinski definition) is 0. The van der Waals surface area contributed by atoms with Crippen LogP contribution in [-0.4, -0.2) is 5.78 Å². The highest BCUT2D eigenvalue weighted by Gasteiger charge is 2.10. The molecule has 0 aliphatic heterocycles. The van der Waals surface area contributed by atoms with Gasteiger partial charge in [-0.05, 0) is 35.9 Å². The highest BCUT2D eigenvalue weighted by atomic mass is 16.5. The van der Waals surface area contributed by atoms with Gasteiger partial charge >= 0.3 is 0 Å². The van der Waals surface area contributed by atoms with Crippen LogP contribution in [0.1, 0.15) is 15.9 Å². The van der Waals surface area contributed by atoms with Crippen LogP contribution in [0.2, 0.25) is 0 Å². The molecule has 0 spiro atoms. The summed E-state index contributed by atoms with van der Waals surface area (Å²) in [5.74, 6) is 1.49. The Morgan fingerprint density at radius 3 is 1.81 bits per heavy atom. The zero-order chi connectivity index (χ0) is 18.5. The van der Waals surface area contributed by atoms with Gasteiger partial charge in [-0.25, -0.2) is 0 Å². The molecule has 130 valence electrons. The third kappa shape index (κ3) is 3.80. The van der Waals surface area contributed by atoms with E-state index in [-0.39, 0.29) is 5.78 Å². The lowest BCUT2D eigenvalue weighted by molar-refractivity contribution is 0.103. The maximum Gasteiger partial charge on any atom is 0.193 e. The van der Waals surface area contributed by atoms with Crippen molar-refractivity contribution < 1.29 is 9.53 Å². The topological polar surface area (TPSA) is 26.3 Å². The summed E-state index contributed by atoms with van der Waals surface area (Å²) >= 11 is 0. The normalized spacial score (nSPS) is 10.4. The van der Waals surface area contributed by atoms with E-state index < -0.39 is 0 Å². The zero-order valence-electron chi connectivity index (χ0n) is 14.7. The third-order valence-corrected chi connectivity index (χ3v) is 4.35. The molecule has 0 aliphatic carbocycles. The summed E-state index contributed by atoms with van der Waals surface area (Å²) in [6, 6.07) is 34.6. The maximum atomic E-state index is 12.5. The second-order valence-corrected chi connectivity index (χ2v) is 6.18. The van der Waals surface area contributed by atoms with Crippen molar-refractivity contribution in [3.63, 3.8) is 0 Å². The standard InChI is InChI=1S/C25H18O2/c26-25(20-11-5-2-6-12-20)21-15-17-22(18-16-21)27-24-14-8-7-13-23(24)19-9-3-1-4-10-19/h1-18H. The molecular formula is C25H18O2. The number of rotatable bonds is 5. The Kier molecular flexibility index (Phi) is 4.80. The molecular weight excluding hydrogens is 332 g/mol. The average Bonchev–Trinajstić information content (AvgIpc) is 2.75. The lowest BCUT2D eigenvalue weighted by Crippen LogP contribution is -2.00. The van der Waals surface area contributed by atoms with E-state index in [4.69, 9.17) is 4.74 Å². The summed E-state index contributed by atoms with van der Waals surface area (Å²) in [5, 5.41) is 0. The van der Waals surface area contributed by atoms with Crippen LogP contribution in [0.5, 0.6) is 11.5 Å². The van der Waals surface area contributed by atoms with Crippen LogP contribution in [0, 0.1) is 0 Å². The summed E-state index contributed by atoms with van der Waals surface area (Å²) in [7, 11) is 0. The summed E-state index contributed by atoms with van der Waals surface area (Å²) < 4.78 is 6.09. The number of carbonyl (C=O) groups excluding carboxylic acids is 1. The van der Waals surface area contributed by atoms with E-state index in [0.29, 0.717) is 16.9 Å². The molecule has 0 amide bonds. The summed E-state index contributed by atoms with van der Waals surface area (Å²) in [4.78, 5) is 12.5. The van der Waals surface area contributed by atoms with Crippen molar-refractivity contribution in [2.45, 2.75) is 0 Å². The van der Waals surface area contributed by atoms with Gasteiger partial charge in [0.1, 0.15) is 11.5 Å². The van der Waals surface area contributed by atoms with Gasteiger partial charge in [0.05, 0.1) is 0 Å². The van der Waals surface area contributed by atoms with Crippen molar-refractivity contribution >= 4 is 5.78 Å². The molecule has 0 saturated carbocycles. The first-order valence-corrected chi connectivity index (χ1v) is 8.83. The van der Waals surface area contributed by atoms with E-state index in [1.54, 1.807) is 12.1 Å². The monoisotopic (exact) mass is 350 g/mol. The quantitative estimate of drug-likeness (QED) is 0.391. The van der Waals surface area contributed by atoms with Crippen molar-refractivity contribution in [2.75, 3.05) is 0 Å². The van der Waals surface area contributed by atoms with Crippen molar-refractivity contribution in [2.24, 2.45) is 0 Å². The Morgan fingerprint density at radius 1 is 0.556 bits per heavy atom. The second-order valence-electron chi connectivity index (χ2n) is 6.18. The van der Waals surface area contributed by atoms with Crippen LogP contribution in [0.4, 0.5) is 0 Å². The molecule has 0 radical (unpaired) electrons. The Balaban J connectivity index is 1.57. The molecule has 0 aromatic heterocycles. The lowest BCUT2D eigenvalue weighted by atomic mass is 10.0. The minimum Gasteiger partial charge on any atom is -0.457 e. The Hall–Kier alpha value is -3.65. The van der Waals surface area contributed by atoms with E-state index in [9.17, 15) is 4.79 Å². The molecule has 0 atom stereocenters. The summed E-state index contributed by atoms with van der Waals surface area (Å²) in [5.41, 5.74) is 3.46. The summed E-state index contributed by atoms with van der Waals surface area (Å²) in [6.07, 6.45) is 0. The largest absolute Gasteiger partial charge is 0.457 e. The molecule has 0 heterocycles. The number of hydrogen-bond acceptors (Lipinski definition) is 2. The SMILES string of the molecule is O=C(c1ccccc1)c1ccc(Oc2ccccc2-c2ccccc2)cc1. The first kappa shape index (κ1) is 16.8. The number of ether oxygens (including phenoxy) is 1. The van der Waals surface area contributed by atoms with E-state index in [1.807, 2.05) is 84.9 Å². The van der Waals surface area contributed by atoms with Crippen LogP contribution in [0.25, 0.3) is 11.1 Å². The van der Waals surface area contributed by atoms with Crippen molar-refractivity contribution in [3.8, 4) is 22.6 Å². The number of para-hydroxylation sites is 1. The lowest BCUT2D eigenvalue weighted by Gasteiger charge is -2.11. The molecule has 4 aromatic rings. The van der Waals surface area contributed by atoms with Crippen LogP contribution >= 0.6 is 0 Å². The van der Waals surface area contributed by atoms with Gasteiger partial charge in [0, 0.05) is 16.7 Å². The first-order chi connectivity index (χ1) is 13.3. The molecule has 0 bridgehead atoms. The summed E-state index contributed by atoms with van der Waals surface area (Å²) in [6.45, 7) is 0. The van der Waals surface area contributed by atoms with Gasteiger partial charge in [-0.15, -0.1) is 0 Å². The number of ketones is 1. The second kappa shape index (κ2) is 7.71. The fourth-order valence-corrected chi connectivity index (χ4v) is 2.97. The first-order valence-electron chi connectivity index (χ1n) is 8.83. The molecule has 0 saturated heterocycles. The van der Waals surface area contributed by atoms with Crippen molar-refractivity contribution in [1.29, 1.82) is 0 Å². The number of benzene rings is 4. The number of carbonyl (C=O) groups is 1. The molecule has 0 N–H and O–H groups in total. The molecule has 2 heteroatoms. The molecule has 0 fully saturated rings. The highest BCUT2D eigenvalue weighted by Crippen LogP contribution is 2.33. The van der Waals surface area contributed by atoms with E-state index >= 15 is 0 Å². The van der Waals surface area contributed by atoms with Crippen molar-refractivity contribution in [1.82, 2.24) is 0 Å². The predicted molar refractivity (Wildman–Crippen MR) is 108 cm³/mol. The minimum absolute atomic E-state index is 0.00633. The average molecular weight is 350 g/mol. The van der Waals surface area contributed by atoms with E-state index in [0.717, 1.165) is 16.9 Å². The molecule has 27 heavy (non-hydrogen) atoms. The van der Waals surface area contributed by atoms with Crippen LogP contribution in [-0.2, 0) is 0 Å². The third-order valence-electron chi connectivity index (χ3n) is 4.35. The van der Waals surface area contributed by atoms with Gasteiger partial charge in [-0.1, -0.05) is 78.9 Å². The Morgan fingerprint density at radius 2 is 1.11 bits per heavy atom. The molecule has 4 rings (SSSR count). The maximum absolute atomic E-state index is 12.5. The Labute approximate surface area is 158 Å². The fourth-order valence-electron chi connectivity index (χ4n) is 2.97. The van der Waals surface area contributed by atoms with Gasteiger partial charge in [-0.2, -0.15) is 0 Å². The van der Waals surface area contributed by atoms with Gasteiger partial charge in [0.25, 0.3) is 0 Å². The molecule has 4 aromatic carbocycles. The van der Waals surface area contributed by atoms with Crippen molar-refractivity contribution in [3.05, 3.63) is 120 Å². The van der Waals surface area contributed by atoms with Gasteiger partial charge < -0.3 is 4.74 Å². The molecule has 2 nitrogen and oxygen atoms in total. The van der Waals surface area contributed by atoms with E-state index in [2.05, 4.69) is 12.1 Å². The zero-order valence-corrected chi connectivity index (χ0v) is 14.7. The van der Waals surface area contributed by atoms with Crippen LogP contribution in [0.15, 0.2) is 109 Å². The highest BCUT2D eigenvalue weighted by molar-refractivity contribution is 6.09.